The minimum Gasteiger partial charge on any atom is -0.253 e. The van der Waals surface area contributed by atoms with Gasteiger partial charge in [0.25, 0.3) is 0 Å². The summed E-state index contributed by atoms with van der Waals surface area (Å²) in [5.41, 5.74) is 0. The maximum absolute atomic E-state index is 10.7. The lowest BCUT2D eigenvalue weighted by Gasteiger charge is -1.89. The van der Waals surface area contributed by atoms with Crippen molar-refractivity contribution in [2.24, 2.45) is 0 Å². The second-order valence-corrected chi connectivity index (χ2v) is 2.95. The fourth-order valence-corrected chi connectivity index (χ4v) is 0.997. The smallest absolute Gasteiger partial charge is 0.126 e. The van der Waals surface area contributed by atoms with E-state index in [0.717, 1.165) is 0 Å². The van der Waals surface area contributed by atoms with Crippen molar-refractivity contribution in [3.05, 3.63) is 24.4 Å². The van der Waals surface area contributed by atoms with Gasteiger partial charge in [0.1, 0.15) is 5.03 Å². The summed E-state index contributed by atoms with van der Waals surface area (Å²) in [5.74, 6) is 0. The third-order valence-corrected chi connectivity index (χ3v) is 1.76. The number of hydrogen-bond donors (Lipinski definition) is 0. The largest absolute Gasteiger partial charge is 0.253 e. The van der Waals surface area contributed by atoms with E-state index in [1.165, 1.54) is 0 Å². The molecule has 11 heavy (non-hydrogen) atoms. The van der Waals surface area contributed by atoms with E-state index in [4.69, 9.17) is 0 Å². The molecule has 1 aromatic rings. The molecule has 3 heteroatoms. The molecule has 0 aliphatic heterocycles. The summed E-state index contributed by atoms with van der Waals surface area (Å²) in [6.07, 6.45) is 3.25. The van der Waals surface area contributed by atoms with E-state index in [0.29, 0.717) is 5.03 Å². The van der Waals surface area contributed by atoms with Crippen molar-refractivity contribution in [1.82, 2.24) is 4.98 Å². The lowest BCUT2D eigenvalue weighted by Crippen LogP contribution is -1.88. The number of pyridine rings is 1. The lowest BCUT2D eigenvalue weighted by molar-refractivity contribution is 0.684. The van der Waals surface area contributed by atoms with E-state index < -0.39 is 10.8 Å². The van der Waals surface area contributed by atoms with E-state index in [1.807, 2.05) is 19.9 Å². The van der Waals surface area contributed by atoms with E-state index in [1.54, 1.807) is 24.6 Å². The van der Waals surface area contributed by atoms with Crippen LogP contribution in [0.4, 0.5) is 0 Å². The Morgan fingerprint density at radius 3 is 2.27 bits per heavy atom. The van der Waals surface area contributed by atoms with Gasteiger partial charge in [-0.3, -0.25) is 4.21 Å². The van der Waals surface area contributed by atoms with Crippen molar-refractivity contribution in [3.8, 4) is 0 Å². The Morgan fingerprint density at radius 2 is 2.00 bits per heavy atom. The summed E-state index contributed by atoms with van der Waals surface area (Å²) < 4.78 is 10.7. The molecule has 0 N–H and O–H groups in total. The highest BCUT2D eigenvalue weighted by Crippen LogP contribution is 1.96. The minimum atomic E-state index is -0.940. The van der Waals surface area contributed by atoms with Gasteiger partial charge in [-0.05, 0) is 12.1 Å². The fourth-order valence-electron chi connectivity index (χ4n) is 0.517. The van der Waals surface area contributed by atoms with Gasteiger partial charge in [-0.1, -0.05) is 19.9 Å². The normalized spacial score (nSPS) is 11.2. The molecule has 0 saturated heterocycles. The van der Waals surface area contributed by atoms with Gasteiger partial charge < -0.3 is 0 Å². The molecule has 1 aromatic heterocycles. The van der Waals surface area contributed by atoms with Crippen molar-refractivity contribution in [2.45, 2.75) is 18.9 Å². The standard InChI is InChI=1S/C6H7NOS.C2H6/c1-9(8)6-4-2-3-5-7-6;1-2/h2-5H,1H3;1-2H3. The van der Waals surface area contributed by atoms with E-state index in [2.05, 4.69) is 4.98 Å². The third-order valence-electron chi connectivity index (χ3n) is 0.932. The van der Waals surface area contributed by atoms with Crippen molar-refractivity contribution < 1.29 is 4.21 Å². The third kappa shape index (κ3) is 3.88. The molecule has 0 aliphatic rings. The van der Waals surface area contributed by atoms with Crippen LogP contribution in [0.3, 0.4) is 0 Å². The number of nitrogens with zero attached hydrogens (tertiary/aromatic N) is 1. The highest BCUT2D eigenvalue weighted by Gasteiger charge is 1.92. The van der Waals surface area contributed by atoms with Gasteiger partial charge in [0.2, 0.25) is 0 Å². The van der Waals surface area contributed by atoms with Crippen LogP contribution < -0.4 is 0 Å². The van der Waals surface area contributed by atoms with Gasteiger partial charge in [0.05, 0.1) is 10.8 Å². The predicted molar refractivity (Wildman–Crippen MR) is 47.9 cm³/mol. The van der Waals surface area contributed by atoms with E-state index in [-0.39, 0.29) is 0 Å². The first-order valence-electron chi connectivity index (χ1n) is 3.55. The first-order chi connectivity index (χ1) is 5.30. The Balaban J connectivity index is 0.000000461. The number of hydrogen-bond acceptors (Lipinski definition) is 2. The Bertz CT molecular complexity index is 211. The highest BCUT2D eigenvalue weighted by molar-refractivity contribution is 7.84. The summed E-state index contributed by atoms with van der Waals surface area (Å²) in [7, 11) is -0.940. The van der Waals surface area contributed by atoms with Gasteiger partial charge in [0.15, 0.2) is 0 Å². The minimum absolute atomic E-state index is 0.637. The molecule has 0 saturated carbocycles. The van der Waals surface area contributed by atoms with E-state index >= 15 is 0 Å². The van der Waals surface area contributed by atoms with Crippen LogP contribution >= 0.6 is 0 Å². The maximum atomic E-state index is 10.7. The van der Waals surface area contributed by atoms with Crippen molar-refractivity contribution in [1.29, 1.82) is 0 Å². The Kier molecular flexibility index (Phi) is 5.65. The topological polar surface area (TPSA) is 30.0 Å². The first-order valence-corrected chi connectivity index (χ1v) is 5.11. The Hall–Kier alpha value is -0.700. The van der Waals surface area contributed by atoms with Crippen LogP contribution in [-0.4, -0.2) is 15.4 Å². The molecule has 1 unspecified atom stereocenters. The molecule has 0 bridgehead atoms. The molecular weight excluding hydrogens is 158 g/mol. The molecular formula is C8H13NOS. The van der Waals surface area contributed by atoms with Gasteiger partial charge >= 0.3 is 0 Å². The molecule has 0 spiro atoms. The van der Waals surface area contributed by atoms with Crippen molar-refractivity contribution in [2.75, 3.05) is 6.26 Å². The molecule has 1 rings (SSSR count). The summed E-state index contributed by atoms with van der Waals surface area (Å²) in [5, 5.41) is 0.637. The molecule has 0 fully saturated rings. The van der Waals surface area contributed by atoms with Crippen LogP contribution in [0.5, 0.6) is 0 Å². The summed E-state index contributed by atoms with van der Waals surface area (Å²) in [4.78, 5) is 3.88. The monoisotopic (exact) mass is 171 g/mol. The number of rotatable bonds is 1. The Labute approximate surface area is 70.1 Å². The van der Waals surface area contributed by atoms with Crippen molar-refractivity contribution >= 4 is 10.8 Å². The molecule has 1 atom stereocenters. The molecule has 0 aromatic carbocycles. The fraction of sp³-hybridized carbons (Fsp3) is 0.375. The molecule has 0 radical (unpaired) electrons. The predicted octanol–water partition coefficient (Wildman–Crippen LogP) is 1.85. The van der Waals surface area contributed by atoms with Gasteiger partial charge in [-0.15, -0.1) is 0 Å². The number of aromatic nitrogens is 1. The van der Waals surface area contributed by atoms with Crippen LogP contribution in [0.25, 0.3) is 0 Å². The quantitative estimate of drug-likeness (QED) is 0.645. The second kappa shape index (κ2) is 6.04. The van der Waals surface area contributed by atoms with E-state index in [9.17, 15) is 4.21 Å². The van der Waals surface area contributed by atoms with Gasteiger partial charge in [-0.25, -0.2) is 4.98 Å². The average Bonchev–Trinajstić information content (AvgIpc) is 2.10. The van der Waals surface area contributed by atoms with Crippen LogP contribution in [0.1, 0.15) is 13.8 Å². The zero-order chi connectivity index (χ0) is 8.69. The SMILES string of the molecule is CC.CS(=O)c1ccccn1. The molecule has 1 heterocycles. The van der Waals surface area contributed by atoms with Gasteiger partial charge in [-0.2, -0.15) is 0 Å². The first kappa shape index (κ1) is 10.3. The maximum Gasteiger partial charge on any atom is 0.126 e. The lowest BCUT2D eigenvalue weighted by atomic mass is 10.5. The van der Waals surface area contributed by atoms with Crippen LogP contribution in [0.15, 0.2) is 29.4 Å². The highest BCUT2D eigenvalue weighted by atomic mass is 32.2. The zero-order valence-electron chi connectivity index (χ0n) is 7.07. The molecule has 0 aliphatic carbocycles. The van der Waals surface area contributed by atoms with Crippen LogP contribution in [0, 0.1) is 0 Å². The summed E-state index contributed by atoms with van der Waals surface area (Å²) >= 11 is 0. The summed E-state index contributed by atoms with van der Waals surface area (Å²) in [6.45, 7) is 4.00. The average molecular weight is 171 g/mol. The van der Waals surface area contributed by atoms with Crippen molar-refractivity contribution in [3.63, 3.8) is 0 Å². The summed E-state index contributed by atoms with van der Waals surface area (Å²) in [6, 6.07) is 5.37. The van der Waals surface area contributed by atoms with Crippen LogP contribution in [-0.2, 0) is 10.8 Å². The zero-order valence-corrected chi connectivity index (χ0v) is 7.89. The second-order valence-electron chi connectivity index (χ2n) is 1.62. The molecule has 62 valence electrons. The van der Waals surface area contributed by atoms with Gasteiger partial charge in [0, 0.05) is 12.5 Å². The van der Waals surface area contributed by atoms with Crippen LogP contribution in [0.2, 0.25) is 0 Å². The molecule has 0 amide bonds. The molecule has 2 nitrogen and oxygen atoms in total. The Morgan fingerprint density at radius 1 is 1.36 bits per heavy atom.